The van der Waals surface area contributed by atoms with Crippen LogP contribution >= 0.6 is 0 Å². The van der Waals surface area contributed by atoms with Crippen LogP contribution in [0.3, 0.4) is 0 Å². The Kier molecular flexibility index (Phi) is 6.68. The SMILES string of the molecule is COc1cc(-c2nc3c(C)cc(C4CCN(C5C[C@@H]6CN(C7CCOCC7)C[C@@H]6C5)CC4)nc3n2C)cn2ncnc12. The molecule has 1 unspecified atom stereocenters. The Labute approximate surface area is 247 Å². The van der Waals surface area contributed by atoms with Gasteiger partial charge in [0.25, 0.3) is 0 Å². The summed E-state index contributed by atoms with van der Waals surface area (Å²) >= 11 is 0. The van der Waals surface area contributed by atoms with E-state index in [0.29, 0.717) is 17.3 Å². The Balaban J connectivity index is 0.955. The molecule has 0 bridgehead atoms. The van der Waals surface area contributed by atoms with Crippen molar-refractivity contribution < 1.29 is 9.47 Å². The second-order valence-corrected chi connectivity index (χ2v) is 13.1. The first-order valence-electron chi connectivity index (χ1n) is 15.8. The molecule has 4 aliphatic rings. The van der Waals surface area contributed by atoms with Crippen molar-refractivity contribution in [3.8, 4) is 17.1 Å². The van der Waals surface area contributed by atoms with E-state index >= 15 is 0 Å². The molecule has 4 aromatic heterocycles. The van der Waals surface area contributed by atoms with Gasteiger partial charge < -0.3 is 18.9 Å². The Bertz CT molecular complexity index is 1590. The molecule has 7 heterocycles. The summed E-state index contributed by atoms with van der Waals surface area (Å²) in [5, 5.41) is 4.33. The van der Waals surface area contributed by atoms with Crippen molar-refractivity contribution in [3.63, 3.8) is 0 Å². The molecule has 0 radical (unpaired) electrons. The highest BCUT2D eigenvalue weighted by Gasteiger charge is 2.44. The third-order valence-corrected chi connectivity index (χ3v) is 10.8. The fraction of sp³-hybridized carbons (Fsp3) is 0.625. The van der Waals surface area contributed by atoms with Crippen LogP contribution in [0.1, 0.15) is 55.7 Å². The van der Waals surface area contributed by atoms with Gasteiger partial charge in [0.2, 0.25) is 0 Å². The molecule has 8 rings (SSSR count). The van der Waals surface area contributed by atoms with Crippen molar-refractivity contribution in [1.29, 1.82) is 0 Å². The van der Waals surface area contributed by atoms with E-state index in [4.69, 9.17) is 19.4 Å². The van der Waals surface area contributed by atoms with Crippen LogP contribution < -0.4 is 4.74 Å². The van der Waals surface area contributed by atoms with Gasteiger partial charge >= 0.3 is 0 Å². The molecule has 4 aromatic rings. The Morgan fingerprint density at radius 3 is 2.40 bits per heavy atom. The minimum atomic E-state index is 0.499. The molecule has 1 aliphatic carbocycles. The molecule has 10 nitrogen and oxygen atoms in total. The van der Waals surface area contributed by atoms with Crippen LogP contribution in [0.2, 0.25) is 0 Å². The van der Waals surface area contributed by atoms with Crippen molar-refractivity contribution in [2.45, 2.75) is 63.5 Å². The molecule has 222 valence electrons. The summed E-state index contributed by atoms with van der Waals surface area (Å²) in [6.45, 7) is 9.08. The predicted molar refractivity (Wildman–Crippen MR) is 161 cm³/mol. The number of fused-ring (bicyclic) bond motifs is 3. The van der Waals surface area contributed by atoms with Crippen LogP contribution in [0.4, 0.5) is 0 Å². The highest BCUT2D eigenvalue weighted by molar-refractivity contribution is 5.81. The van der Waals surface area contributed by atoms with E-state index in [2.05, 4.69) is 44.5 Å². The number of nitrogens with zero attached hydrogens (tertiary/aromatic N) is 8. The maximum Gasteiger partial charge on any atom is 0.197 e. The maximum atomic E-state index is 5.61. The van der Waals surface area contributed by atoms with Gasteiger partial charge in [-0.25, -0.2) is 19.5 Å². The molecule has 0 amide bonds. The van der Waals surface area contributed by atoms with E-state index in [1.807, 2.05) is 12.3 Å². The first-order chi connectivity index (χ1) is 20.6. The lowest BCUT2D eigenvalue weighted by atomic mass is 9.91. The summed E-state index contributed by atoms with van der Waals surface area (Å²) in [7, 11) is 3.72. The molecule has 3 atom stereocenters. The molecule has 42 heavy (non-hydrogen) atoms. The fourth-order valence-corrected chi connectivity index (χ4v) is 8.47. The summed E-state index contributed by atoms with van der Waals surface area (Å²) in [5.74, 6) is 3.82. The molecule has 0 aromatic carbocycles. The minimum Gasteiger partial charge on any atom is -0.493 e. The number of imidazole rings is 1. The van der Waals surface area contributed by atoms with Gasteiger partial charge in [-0.05, 0) is 88.1 Å². The molecular formula is C32H42N8O2. The number of hydrogen-bond donors (Lipinski definition) is 0. The van der Waals surface area contributed by atoms with E-state index in [9.17, 15) is 0 Å². The maximum absolute atomic E-state index is 5.61. The lowest BCUT2D eigenvalue weighted by molar-refractivity contribution is 0.0380. The number of hydrogen-bond acceptors (Lipinski definition) is 8. The van der Waals surface area contributed by atoms with Crippen LogP contribution in [0.25, 0.3) is 28.2 Å². The van der Waals surface area contributed by atoms with Gasteiger partial charge in [-0.15, -0.1) is 0 Å². The summed E-state index contributed by atoms with van der Waals surface area (Å²) in [4.78, 5) is 20.2. The largest absolute Gasteiger partial charge is 0.493 e. The Morgan fingerprint density at radius 2 is 1.67 bits per heavy atom. The summed E-state index contributed by atoms with van der Waals surface area (Å²) in [6, 6.07) is 5.80. The van der Waals surface area contributed by atoms with Crippen LogP contribution in [-0.4, -0.2) is 97.5 Å². The first-order valence-corrected chi connectivity index (χ1v) is 15.8. The summed E-state index contributed by atoms with van der Waals surface area (Å²) in [6.07, 6.45) is 11.1. The van der Waals surface area contributed by atoms with E-state index in [1.54, 1.807) is 18.0 Å². The molecule has 3 aliphatic heterocycles. The quantitative estimate of drug-likeness (QED) is 0.355. The van der Waals surface area contributed by atoms with Crippen LogP contribution in [0.15, 0.2) is 24.7 Å². The van der Waals surface area contributed by atoms with Crippen molar-refractivity contribution >= 4 is 16.8 Å². The van der Waals surface area contributed by atoms with Crippen molar-refractivity contribution in [1.82, 2.24) is 38.9 Å². The van der Waals surface area contributed by atoms with Crippen LogP contribution in [0, 0.1) is 18.8 Å². The second-order valence-electron chi connectivity index (χ2n) is 13.1. The van der Waals surface area contributed by atoms with Gasteiger partial charge in [0.05, 0.1) is 7.11 Å². The van der Waals surface area contributed by atoms with E-state index in [0.717, 1.165) is 59.7 Å². The number of methoxy groups -OCH3 is 1. The number of rotatable bonds is 5. The molecule has 3 saturated heterocycles. The summed E-state index contributed by atoms with van der Waals surface area (Å²) < 4.78 is 15.1. The smallest absolute Gasteiger partial charge is 0.197 e. The monoisotopic (exact) mass is 570 g/mol. The highest BCUT2D eigenvalue weighted by atomic mass is 16.5. The third kappa shape index (κ3) is 4.50. The number of ether oxygens (including phenoxy) is 2. The second kappa shape index (κ2) is 10.6. The number of pyridine rings is 2. The zero-order valence-corrected chi connectivity index (χ0v) is 25.1. The van der Waals surface area contributed by atoms with Gasteiger partial charge in [-0.2, -0.15) is 5.10 Å². The van der Waals surface area contributed by atoms with Crippen molar-refractivity contribution in [3.05, 3.63) is 35.9 Å². The van der Waals surface area contributed by atoms with E-state index in [-0.39, 0.29) is 0 Å². The molecule has 0 N–H and O–H groups in total. The first kappa shape index (κ1) is 26.5. The number of piperidine rings is 1. The molecule has 4 fully saturated rings. The van der Waals surface area contributed by atoms with Crippen LogP contribution in [-0.2, 0) is 11.8 Å². The highest BCUT2D eigenvalue weighted by Crippen LogP contribution is 2.43. The molecule has 1 saturated carbocycles. The van der Waals surface area contributed by atoms with Crippen molar-refractivity contribution in [2.75, 3.05) is 46.5 Å². The minimum absolute atomic E-state index is 0.499. The Hall–Kier alpha value is -3.08. The third-order valence-electron chi connectivity index (χ3n) is 10.8. The fourth-order valence-electron chi connectivity index (χ4n) is 8.47. The molecule has 0 spiro atoms. The van der Waals surface area contributed by atoms with Gasteiger partial charge in [0.1, 0.15) is 17.7 Å². The van der Waals surface area contributed by atoms with E-state index in [1.165, 1.54) is 76.0 Å². The number of likely N-dealkylation sites (tertiary alicyclic amines) is 2. The average Bonchev–Trinajstić information content (AvgIpc) is 3.80. The average molecular weight is 571 g/mol. The van der Waals surface area contributed by atoms with Gasteiger partial charge in [0, 0.05) is 68.8 Å². The topological polar surface area (TPSA) is 85.8 Å². The van der Waals surface area contributed by atoms with Crippen LogP contribution in [0.5, 0.6) is 5.75 Å². The van der Waals surface area contributed by atoms with E-state index < -0.39 is 0 Å². The number of aromatic nitrogens is 6. The molecular weight excluding hydrogens is 528 g/mol. The Morgan fingerprint density at radius 1 is 0.905 bits per heavy atom. The zero-order valence-electron chi connectivity index (χ0n) is 25.1. The van der Waals surface area contributed by atoms with Gasteiger partial charge in [0.15, 0.2) is 17.0 Å². The van der Waals surface area contributed by atoms with Crippen molar-refractivity contribution in [2.24, 2.45) is 18.9 Å². The lowest BCUT2D eigenvalue weighted by Gasteiger charge is -2.37. The normalized spacial score (nSPS) is 26.5. The molecule has 10 heteroatoms. The zero-order chi connectivity index (χ0) is 28.4. The predicted octanol–water partition coefficient (Wildman–Crippen LogP) is 4.06. The summed E-state index contributed by atoms with van der Waals surface area (Å²) in [5.41, 5.74) is 5.92. The van der Waals surface area contributed by atoms with Gasteiger partial charge in [-0.1, -0.05) is 0 Å². The number of aryl methyl sites for hydroxylation is 2. The van der Waals surface area contributed by atoms with Gasteiger partial charge in [-0.3, -0.25) is 4.90 Å². The standard InChI is InChI=1S/C32H42N8O2/c1-20-12-27(35-32-29(20)36-30(37(32)2)24-15-28(41-3)31-33-19-34-40(31)18-24)21-4-8-38(9-5-21)26-13-22-16-39(17-23(22)14-26)25-6-10-42-11-7-25/h12,15,18-19,21-23,25-26H,4-11,13-14,16-17H2,1-3H3/t22-,23+,26?. The lowest BCUT2D eigenvalue weighted by Crippen LogP contribution is -2.42.